The first-order valence-corrected chi connectivity index (χ1v) is 8.22. The highest BCUT2D eigenvalue weighted by molar-refractivity contribution is 5.72. The lowest BCUT2D eigenvalue weighted by molar-refractivity contribution is -0.147. The van der Waals surface area contributed by atoms with E-state index in [2.05, 4.69) is 25.6 Å². The second-order valence-electron chi connectivity index (χ2n) is 6.16. The molecule has 1 aromatic carbocycles. The van der Waals surface area contributed by atoms with E-state index >= 15 is 0 Å². The van der Waals surface area contributed by atoms with Gasteiger partial charge in [-0.05, 0) is 36.8 Å². The van der Waals surface area contributed by atoms with Crippen molar-refractivity contribution in [1.29, 1.82) is 0 Å². The fourth-order valence-corrected chi connectivity index (χ4v) is 2.48. The number of carbonyl (C=O) groups is 1. The Morgan fingerprint density at radius 1 is 1.31 bits per heavy atom. The predicted octanol–water partition coefficient (Wildman–Crippen LogP) is 2.25. The van der Waals surface area contributed by atoms with Crippen LogP contribution in [-0.4, -0.2) is 47.2 Å². The minimum atomic E-state index is -4.59. The molecule has 3 aromatic rings. The van der Waals surface area contributed by atoms with Crippen LogP contribution in [0.3, 0.4) is 0 Å². The first-order chi connectivity index (χ1) is 13.6. The van der Waals surface area contributed by atoms with Crippen molar-refractivity contribution < 1.29 is 28.2 Å². The fourth-order valence-electron chi connectivity index (χ4n) is 2.48. The molecule has 2 heterocycles. The molecular formula is C17H15F3N6O3. The number of benzene rings is 1. The smallest absolute Gasteiger partial charge is 0.433 e. The van der Waals surface area contributed by atoms with Gasteiger partial charge >= 0.3 is 12.1 Å². The third-order valence-electron chi connectivity index (χ3n) is 3.76. The third kappa shape index (κ3) is 5.04. The van der Waals surface area contributed by atoms with Crippen LogP contribution < -0.4 is 5.32 Å². The molecule has 0 aliphatic carbocycles. The van der Waals surface area contributed by atoms with Crippen LogP contribution in [0.1, 0.15) is 11.3 Å². The second-order valence-corrected chi connectivity index (χ2v) is 6.16. The number of hydrogen-bond donors (Lipinski definition) is 3. The summed E-state index contributed by atoms with van der Waals surface area (Å²) in [5.74, 6) is -1.60. The first-order valence-electron chi connectivity index (χ1n) is 8.22. The number of aliphatic carboxylic acids is 1. The quantitative estimate of drug-likeness (QED) is 0.567. The molecule has 0 aliphatic heterocycles. The number of rotatable bonds is 6. The number of anilines is 2. The maximum absolute atomic E-state index is 12.8. The topological polar surface area (TPSA) is 126 Å². The summed E-state index contributed by atoms with van der Waals surface area (Å²) in [5, 5.41) is 28.6. The van der Waals surface area contributed by atoms with Crippen molar-refractivity contribution in [2.45, 2.75) is 25.7 Å². The van der Waals surface area contributed by atoms with E-state index in [1.54, 1.807) is 25.1 Å². The standard InChI is InChI=1S/C17H15F3N6O3/c1-9-4-10(12-7-26(25-24-12)8-13(27)15(28)29)6-11(5-9)22-16-21-3-2-14(23-16)17(18,19)20/h2-7,13,27H,8H2,1H3,(H,28,29)(H,21,22,23). The number of aliphatic hydroxyl groups excluding tert-OH is 1. The zero-order valence-electron chi connectivity index (χ0n) is 14.9. The molecule has 0 amide bonds. The summed E-state index contributed by atoms with van der Waals surface area (Å²) in [6.07, 6.45) is -3.76. The number of aryl methyl sites for hydroxylation is 1. The van der Waals surface area contributed by atoms with E-state index < -0.39 is 23.9 Å². The van der Waals surface area contributed by atoms with Gasteiger partial charge in [0.2, 0.25) is 5.95 Å². The van der Waals surface area contributed by atoms with Gasteiger partial charge in [0.15, 0.2) is 6.10 Å². The Morgan fingerprint density at radius 2 is 2.07 bits per heavy atom. The highest BCUT2D eigenvalue weighted by Crippen LogP contribution is 2.29. The Labute approximate surface area is 161 Å². The first kappa shape index (κ1) is 20.2. The van der Waals surface area contributed by atoms with E-state index in [0.717, 1.165) is 17.8 Å². The average Bonchev–Trinajstić information content (AvgIpc) is 3.09. The van der Waals surface area contributed by atoms with Crippen LogP contribution in [0.4, 0.5) is 24.8 Å². The number of nitrogens with one attached hydrogen (secondary N) is 1. The number of aromatic nitrogens is 5. The van der Waals surface area contributed by atoms with Crippen LogP contribution in [0.5, 0.6) is 0 Å². The van der Waals surface area contributed by atoms with Crippen LogP contribution in [0, 0.1) is 6.92 Å². The monoisotopic (exact) mass is 408 g/mol. The highest BCUT2D eigenvalue weighted by atomic mass is 19.4. The van der Waals surface area contributed by atoms with Crippen molar-refractivity contribution in [2.75, 3.05) is 5.32 Å². The molecule has 1 atom stereocenters. The molecule has 0 aliphatic rings. The molecule has 3 N–H and O–H groups in total. The van der Waals surface area contributed by atoms with E-state index in [1.165, 1.54) is 10.9 Å². The molecule has 3 rings (SSSR count). The molecule has 29 heavy (non-hydrogen) atoms. The Kier molecular flexibility index (Phi) is 5.46. The van der Waals surface area contributed by atoms with Crippen molar-refractivity contribution in [3.8, 4) is 11.3 Å². The van der Waals surface area contributed by atoms with Crippen LogP contribution in [0.15, 0.2) is 36.7 Å². The van der Waals surface area contributed by atoms with Crippen molar-refractivity contribution >= 4 is 17.6 Å². The number of aliphatic hydroxyl groups is 1. The summed E-state index contributed by atoms with van der Waals surface area (Å²) in [6.45, 7) is 1.50. The van der Waals surface area contributed by atoms with Crippen molar-refractivity contribution in [1.82, 2.24) is 25.0 Å². The number of carboxylic acid groups (broad SMARTS) is 1. The normalized spacial score (nSPS) is 12.6. The maximum Gasteiger partial charge on any atom is 0.433 e. The Bertz CT molecular complexity index is 1040. The number of alkyl halides is 3. The number of nitrogens with zero attached hydrogens (tertiary/aromatic N) is 5. The van der Waals surface area contributed by atoms with E-state index in [1.807, 2.05) is 0 Å². The largest absolute Gasteiger partial charge is 0.479 e. The summed E-state index contributed by atoms with van der Waals surface area (Å²) in [6, 6.07) is 5.83. The van der Waals surface area contributed by atoms with Gasteiger partial charge in [-0.1, -0.05) is 5.21 Å². The molecule has 0 bridgehead atoms. The lowest BCUT2D eigenvalue weighted by Gasteiger charge is -2.10. The van der Waals surface area contributed by atoms with Crippen molar-refractivity contribution in [2.24, 2.45) is 0 Å². The number of carboxylic acids is 1. The van der Waals surface area contributed by atoms with Crippen molar-refractivity contribution in [3.63, 3.8) is 0 Å². The minimum Gasteiger partial charge on any atom is -0.479 e. The van der Waals surface area contributed by atoms with E-state index in [-0.39, 0.29) is 12.5 Å². The average molecular weight is 408 g/mol. The van der Waals surface area contributed by atoms with Crippen LogP contribution in [0.2, 0.25) is 0 Å². The van der Waals surface area contributed by atoms with Gasteiger partial charge in [0.25, 0.3) is 0 Å². The van der Waals surface area contributed by atoms with Gasteiger partial charge in [-0.15, -0.1) is 5.10 Å². The molecule has 0 fully saturated rings. The molecule has 0 radical (unpaired) electrons. The minimum absolute atomic E-state index is 0.218. The third-order valence-corrected chi connectivity index (χ3v) is 3.76. The lowest BCUT2D eigenvalue weighted by Crippen LogP contribution is -2.25. The molecular weight excluding hydrogens is 393 g/mol. The van der Waals surface area contributed by atoms with E-state index in [9.17, 15) is 23.1 Å². The van der Waals surface area contributed by atoms with Crippen LogP contribution in [0.25, 0.3) is 11.3 Å². The number of halogens is 3. The summed E-state index contributed by atoms with van der Waals surface area (Å²) in [7, 11) is 0. The second kappa shape index (κ2) is 7.83. The predicted molar refractivity (Wildman–Crippen MR) is 94.2 cm³/mol. The fraction of sp³-hybridized carbons (Fsp3) is 0.235. The SMILES string of the molecule is Cc1cc(Nc2nccc(C(F)(F)F)n2)cc(-c2cn(CC(O)C(=O)O)nn2)c1. The Hall–Kier alpha value is -3.54. The highest BCUT2D eigenvalue weighted by Gasteiger charge is 2.32. The van der Waals surface area contributed by atoms with Gasteiger partial charge in [0.1, 0.15) is 11.4 Å². The van der Waals surface area contributed by atoms with Gasteiger partial charge in [-0.3, -0.25) is 0 Å². The van der Waals surface area contributed by atoms with Gasteiger partial charge in [0.05, 0.1) is 12.7 Å². The lowest BCUT2D eigenvalue weighted by atomic mass is 10.1. The Balaban J connectivity index is 1.84. The molecule has 152 valence electrons. The molecule has 0 saturated heterocycles. The molecule has 0 spiro atoms. The molecule has 1 unspecified atom stereocenters. The van der Waals surface area contributed by atoms with Gasteiger partial charge in [-0.2, -0.15) is 13.2 Å². The summed E-state index contributed by atoms with van der Waals surface area (Å²) in [5.41, 5.74) is 1.11. The van der Waals surface area contributed by atoms with Gasteiger partial charge < -0.3 is 15.5 Å². The van der Waals surface area contributed by atoms with E-state index in [4.69, 9.17) is 5.11 Å². The maximum atomic E-state index is 12.8. The van der Waals surface area contributed by atoms with Crippen LogP contribution in [-0.2, 0) is 17.5 Å². The molecule has 9 nitrogen and oxygen atoms in total. The van der Waals surface area contributed by atoms with Gasteiger partial charge in [-0.25, -0.2) is 19.4 Å². The zero-order valence-corrected chi connectivity index (χ0v) is 14.9. The number of hydrogen-bond acceptors (Lipinski definition) is 7. The molecule has 12 heteroatoms. The molecule has 0 saturated carbocycles. The van der Waals surface area contributed by atoms with Gasteiger partial charge in [0, 0.05) is 17.4 Å². The van der Waals surface area contributed by atoms with Crippen molar-refractivity contribution in [3.05, 3.63) is 47.9 Å². The summed E-state index contributed by atoms with van der Waals surface area (Å²) >= 11 is 0. The summed E-state index contributed by atoms with van der Waals surface area (Å²) in [4.78, 5) is 18.0. The molecule has 2 aromatic heterocycles. The van der Waals surface area contributed by atoms with E-state index in [0.29, 0.717) is 16.9 Å². The summed E-state index contributed by atoms with van der Waals surface area (Å²) < 4.78 is 39.6. The van der Waals surface area contributed by atoms with Crippen LogP contribution >= 0.6 is 0 Å². The Morgan fingerprint density at radius 3 is 2.76 bits per heavy atom. The zero-order chi connectivity index (χ0) is 21.2.